The van der Waals surface area contributed by atoms with Crippen molar-refractivity contribution in [3.05, 3.63) is 94.4 Å². The smallest absolute Gasteiger partial charge is 0.303 e. The van der Waals surface area contributed by atoms with Gasteiger partial charge in [-0.05, 0) is 90.8 Å². The molecule has 1 amide bonds. The Bertz CT molecular complexity index is 1510. The van der Waals surface area contributed by atoms with Crippen LogP contribution in [0.4, 0.5) is 4.39 Å². The Morgan fingerprint density at radius 3 is 2.66 bits per heavy atom. The van der Waals surface area contributed by atoms with Crippen molar-refractivity contribution in [2.45, 2.75) is 49.0 Å². The molecular weight excluding hydrogens is 596 g/mol. The molecule has 1 aliphatic rings. The second-order valence-corrected chi connectivity index (χ2v) is 10.4. The van der Waals surface area contributed by atoms with E-state index in [9.17, 15) is 14.0 Å². The largest absolute Gasteiger partial charge is 0.481 e. The van der Waals surface area contributed by atoms with E-state index in [-0.39, 0.29) is 24.2 Å². The quantitative estimate of drug-likeness (QED) is 0.125. The van der Waals surface area contributed by atoms with Crippen LogP contribution in [-0.2, 0) is 22.1 Å². The molecule has 2 aromatic carbocycles. The molecule has 2 aromatic heterocycles. The predicted octanol–water partition coefficient (Wildman–Crippen LogP) is 6.59. The first kappa shape index (κ1) is 26.2. The second kappa shape index (κ2) is 11.6. The number of pyridine rings is 2. The molecule has 0 aliphatic heterocycles. The summed E-state index contributed by atoms with van der Waals surface area (Å²) in [5, 5.41) is 12.9. The van der Waals surface area contributed by atoms with Crippen LogP contribution in [-0.4, -0.2) is 27.0 Å². The third-order valence-electron chi connectivity index (χ3n) is 6.96. The molecule has 0 saturated carbocycles. The number of aromatic nitrogens is 2. The SMILES string of the molecule is O=C(O)CCCCc1cc2cc(C(=O)N[C@@H]3CCc4cc(CI)ccc43)cnc2nc1-c1ccc(F)cc1. The molecule has 0 bridgehead atoms. The molecule has 2 N–H and O–H groups in total. The summed E-state index contributed by atoms with van der Waals surface area (Å²) in [7, 11) is 0. The summed E-state index contributed by atoms with van der Waals surface area (Å²) in [6, 6.07) is 16.3. The van der Waals surface area contributed by atoms with Crippen LogP contribution in [0.25, 0.3) is 22.3 Å². The minimum absolute atomic E-state index is 0.0276. The second-order valence-electron chi connectivity index (χ2n) is 9.61. The van der Waals surface area contributed by atoms with Gasteiger partial charge in [0.25, 0.3) is 5.91 Å². The third-order valence-corrected chi connectivity index (χ3v) is 7.84. The summed E-state index contributed by atoms with van der Waals surface area (Å²) >= 11 is 2.36. The van der Waals surface area contributed by atoms with Gasteiger partial charge >= 0.3 is 5.97 Å². The first-order valence-corrected chi connectivity index (χ1v) is 14.2. The molecule has 0 fully saturated rings. The number of amides is 1. The lowest BCUT2D eigenvalue weighted by atomic mass is 9.99. The molecule has 194 valence electrons. The van der Waals surface area contributed by atoms with Gasteiger partial charge in [0.15, 0.2) is 5.65 Å². The number of aryl methyl sites for hydroxylation is 2. The number of carboxylic acid groups (broad SMARTS) is 1. The Labute approximate surface area is 233 Å². The summed E-state index contributed by atoms with van der Waals surface area (Å²) in [5.74, 6) is -1.34. The van der Waals surface area contributed by atoms with Crippen LogP contribution >= 0.6 is 22.6 Å². The van der Waals surface area contributed by atoms with E-state index in [1.807, 2.05) is 6.07 Å². The molecule has 0 saturated heterocycles. The Hall–Kier alpha value is -3.40. The van der Waals surface area contributed by atoms with Crippen molar-refractivity contribution in [2.24, 2.45) is 0 Å². The predicted molar refractivity (Wildman–Crippen MR) is 153 cm³/mol. The van der Waals surface area contributed by atoms with Crippen LogP contribution < -0.4 is 5.32 Å². The highest BCUT2D eigenvalue weighted by molar-refractivity contribution is 14.1. The maximum absolute atomic E-state index is 13.5. The number of aliphatic carboxylic acids is 1. The number of nitrogens with zero attached hydrogens (tertiary/aromatic N) is 2. The fraction of sp³-hybridized carbons (Fsp3) is 0.267. The van der Waals surface area contributed by atoms with Gasteiger partial charge in [-0.15, -0.1) is 0 Å². The van der Waals surface area contributed by atoms with E-state index in [2.05, 4.69) is 51.1 Å². The number of hydrogen-bond acceptors (Lipinski definition) is 4. The summed E-state index contributed by atoms with van der Waals surface area (Å²) in [4.78, 5) is 33.4. The number of benzene rings is 2. The Kier molecular flexibility index (Phi) is 7.97. The molecule has 5 rings (SSSR count). The number of alkyl halides is 1. The third kappa shape index (κ3) is 5.85. The highest BCUT2D eigenvalue weighted by Crippen LogP contribution is 2.33. The highest BCUT2D eigenvalue weighted by atomic mass is 127. The lowest BCUT2D eigenvalue weighted by Crippen LogP contribution is -2.27. The summed E-state index contributed by atoms with van der Waals surface area (Å²) in [5.41, 5.74) is 7.07. The zero-order valence-corrected chi connectivity index (χ0v) is 22.9. The van der Waals surface area contributed by atoms with Crippen LogP contribution in [0.1, 0.15) is 64.3 Å². The minimum atomic E-state index is -0.824. The average Bonchev–Trinajstić information content (AvgIpc) is 3.32. The van der Waals surface area contributed by atoms with E-state index in [4.69, 9.17) is 10.1 Å². The molecule has 0 unspecified atom stereocenters. The number of halogens is 2. The van der Waals surface area contributed by atoms with Crippen molar-refractivity contribution in [3.63, 3.8) is 0 Å². The number of hydrogen-bond donors (Lipinski definition) is 2. The van der Waals surface area contributed by atoms with E-state index >= 15 is 0 Å². The molecule has 8 heteroatoms. The van der Waals surface area contributed by atoms with Gasteiger partial charge in [-0.1, -0.05) is 40.8 Å². The summed E-state index contributed by atoms with van der Waals surface area (Å²) < 4.78 is 14.5. The summed E-state index contributed by atoms with van der Waals surface area (Å²) in [6.07, 6.45) is 5.28. The lowest BCUT2D eigenvalue weighted by molar-refractivity contribution is -0.137. The van der Waals surface area contributed by atoms with E-state index in [0.29, 0.717) is 36.2 Å². The Morgan fingerprint density at radius 1 is 1.08 bits per heavy atom. The maximum Gasteiger partial charge on any atom is 0.303 e. The highest BCUT2D eigenvalue weighted by Gasteiger charge is 2.25. The van der Waals surface area contributed by atoms with Crippen LogP contribution in [0.5, 0.6) is 0 Å². The fourth-order valence-corrected chi connectivity index (χ4v) is 5.49. The van der Waals surface area contributed by atoms with Crippen molar-refractivity contribution in [1.29, 1.82) is 0 Å². The molecule has 4 aromatic rings. The standard InChI is InChI=1S/C30H27FIN3O3/c31-24-9-6-19(7-10-24)28-21(3-1-2-4-27(36)37)14-22-15-23(17-33-29(22)35-28)30(38)34-26-12-8-20-13-18(16-32)5-11-25(20)26/h5-7,9-11,13-15,17,26H,1-4,8,12,16H2,(H,34,38)(H,36,37)/t26-/m1/s1. The van der Waals surface area contributed by atoms with Crippen LogP contribution in [0.15, 0.2) is 60.8 Å². The topological polar surface area (TPSA) is 92.2 Å². The lowest BCUT2D eigenvalue weighted by Gasteiger charge is -2.15. The number of rotatable bonds is 9. The number of unbranched alkanes of at least 4 members (excludes halogenated alkanes) is 1. The van der Waals surface area contributed by atoms with Crippen LogP contribution in [0, 0.1) is 5.82 Å². The first-order chi connectivity index (χ1) is 18.4. The van der Waals surface area contributed by atoms with Gasteiger partial charge in [0.05, 0.1) is 17.3 Å². The van der Waals surface area contributed by atoms with E-state index in [0.717, 1.165) is 33.8 Å². The molecule has 1 atom stereocenters. The molecule has 1 aliphatic carbocycles. The van der Waals surface area contributed by atoms with Crippen molar-refractivity contribution in [1.82, 2.24) is 15.3 Å². The van der Waals surface area contributed by atoms with Gasteiger partial charge < -0.3 is 10.4 Å². The summed E-state index contributed by atoms with van der Waals surface area (Å²) in [6.45, 7) is 0. The van der Waals surface area contributed by atoms with Crippen molar-refractivity contribution in [2.75, 3.05) is 0 Å². The van der Waals surface area contributed by atoms with Gasteiger partial charge in [-0.3, -0.25) is 9.59 Å². The van der Waals surface area contributed by atoms with E-state index in [1.54, 1.807) is 24.4 Å². The normalized spacial score (nSPS) is 14.4. The molecule has 0 radical (unpaired) electrons. The Morgan fingerprint density at radius 2 is 1.89 bits per heavy atom. The zero-order chi connectivity index (χ0) is 26.6. The van der Waals surface area contributed by atoms with Crippen LogP contribution in [0.3, 0.4) is 0 Å². The molecular formula is C30H27FIN3O3. The van der Waals surface area contributed by atoms with Gasteiger partial charge in [-0.2, -0.15) is 0 Å². The fourth-order valence-electron chi connectivity index (χ4n) is 5.02. The molecule has 2 heterocycles. The van der Waals surface area contributed by atoms with Gasteiger partial charge in [0.2, 0.25) is 0 Å². The zero-order valence-electron chi connectivity index (χ0n) is 20.7. The van der Waals surface area contributed by atoms with E-state index < -0.39 is 5.97 Å². The van der Waals surface area contributed by atoms with Gasteiger partial charge in [-0.25, -0.2) is 14.4 Å². The maximum atomic E-state index is 13.5. The molecule has 6 nitrogen and oxygen atoms in total. The molecule has 0 spiro atoms. The minimum Gasteiger partial charge on any atom is -0.481 e. The number of carbonyl (C=O) groups excluding carboxylic acids is 1. The van der Waals surface area contributed by atoms with Gasteiger partial charge in [0.1, 0.15) is 5.82 Å². The molecule has 38 heavy (non-hydrogen) atoms. The average molecular weight is 623 g/mol. The monoisotopic (exact) mass is 623 g/mol. The van der Waals surface area contributed by atoms with Crippen molar-refractivity contribution < 1.29 is 19.1 Å². The van der Waals surface area contributed by atoms with Crippen molar-refractivity contribution >= 4 is 45.5 Å². The van der Waals surface area contributed by atoms with Crippen molar-refractivity contribution in [3.8, 4) is 11.3 Å². The van der Waals surface area contributed by atoms with Crippen LogP contribution in [0.2, 0.25) is 0 Å². The number of carboxylic acids is 1. The van der Waals surface area contributed by atoms with Gasteiger partial charge in [0, 0.05) is 28.0 Å². The number of fused-ring (bicyclic) bond motifs is 2. The first-order valence-electron chi connectivity index (χ1n) is 12.7. The Balaban J connectivity index is 1.41. The number of carbonyl (C=O) groups is 2. The van der Waals surface area contributed by atoms with E-state index in [1.165, 1.54) is 28.8 Å². The number of nitrogens with one attached hydrogen (secondary N) is 1.